The lowest BCUT2D eigenvalue weighted by Crippen LogP contribution is -2.20. The summed E-state index contributed by atoms with van der Waals surface area (Å²) in [5, 5.41) is 2.93. The molecule has 0 radical (unpaired) electrons. The van der Waals surface area contributed by atoms with Gasteiger partial charge in [-0.25, -0.2) is 8.42 Å². The minimum Gasteiger partial charge on any atom is -0.320 e. The van der Waals surface area contributed by atoms with Crippen molar-refractivity contribution in [3.63, 3.8) is 0 Å². The van der Waals surface area contributed by atoms with Gasteiger partial charge in [-0.1, -0.05) is 6.07 Å². The van der Waals surface area contributed by atoms with Gasteiger partial charge >= 0.3 is 0 Å². The summed E-state index contributed by atoms with van der Waals surface area (Å²) in [5.74, 6) is 0.119. The van der Waals surface area contributed by atoms with E-state index in [1.165, 1.54) is 0 Å². The van der Waals surface area contributed by atoms with Gasteiger partial charge in [-0.15, -0.1) is 0 Å². The van der Waals surface area contributed by atoms with Crippen LogP contribution in [-0.4, -0.2) is 27.8 Å². The summed E-state index contributed by atoms with van der Waals surface area (Å²) < 4.78 is 27.2. The van der Waals surface area contributed by atoms with Crippen molar-refractivity contribution in [2.45, 2.75) is 20.3 Å². The quantitative estimate of drug-likeness (QED) is 0.785. The Morgan fingerprint density at radius 3 is 2.50 bits per heavy atom. The van der Waals surface area contributed by atoms with Crippen LogP contribution in [0.25, 0.3) is 0 Å². The van der Waals surface area contributed by atoms with E-state index in [0.717, 1.165) is 15.6 Å². The number of benzene rings is 1. The molecule has 0 aliphatic carbocycles. The molecule has 0 unspecified atom stereocenters. The third kappa shape index (κ3) is 4.59. The smallest absolute Gasteiger partial charge is 0.232 e. The Hall–Kier alpha value is -0.590. The maximum absolute atomic E-state index is 11.9. The molecule has 0 aromatic heterocycles. The predicted molar refractivity (Wildman–Crippen MR) is 79.6 cm³/mol. The lowest BCUT2D eigenvalue weighted by atomic mass is 10.1. The lowest BCUT2D eigenvalue weighted by Gasteiger charge is -2.13. The summed E-state index contributed by atoms with van der Waals surface area (Å²) in [6, 6.07) is 3.86. The summed E-state index contributed by atoms with van der Waals surface area (Å²) in [7, 11) is -1.48. The van der Waals surface area contributed by atoms with E-state index in [0.29, 0.717) is 18.7 Å². The van der Waals surface area contributed by atoms with Crippen molar-refractivity contribution in [3.05, 3.63) is 27.7 Å². The van der Waals surface area contributed by atoms with Gasteiger partial charge in [0, 0.05) is 4.47 Å². The van der Waals surface area contributed by atoms with Crippen molar-refractivity contribution in [3.8, 4) is 0 Å². The normalized spacial score (nSPS) is 11.6. The van der Waals surface area contributed by atoms with Crippen molar-refractivity contribution in [2.75, 3.05) is 24.1 Å². The van der Waals surface area contributed by atoms with Crippen LogP contribution < -0.4 is 10.0 Å². The molecule has 0 spiro atoms. The predicted octanol–water partition coefficient (Wildman–Crippen LogP) is 2.42. The van der Waals surface area contributed by atoms with Gasteiger partial charge in [0.05, 0.1) is 11.4 Å². The molecular weight excluding hydrogens is 316 g/mol. The summed E-state index contributed by atoms with van der Waals surface area (Å²) in [4.78, 5) is 0. The second-order valence-electron chi connectivity index (χ2n) is 4.32. The number of rotatable bonds is 6. The van der Waals surface area contributed by atoms with E-state index in [1.54, 1.807) is 7.05 Å². The van der Waals surface area contributed by atoms with E-state index in [1.807, 2.05) is 26.0 Å². The Morgan fingerprint density at radius 1 is 1.28 bits per heavy atom. The number of anilines is 1. The second kappa shape index (κ2) is 6.54. The largest absolute Gasteiger partial charge is 0.320 e. The first-order valence-electron chi connectivity index (χ1n) is 5.77. The Labute approximate surface area is 117 Å². The average Bonchev–Trinajstić information content (AvgIpc) is 2.23. The molecule has 0 bridgehead atoms. The molecule has 0 aliphatic heterocycles. The van der Waals surface area contributed by atoms with Gasteiger partial charge in [-0.3, -0.25) is 4.72 Å². The van der Waals surface area contributed by atoms with E-state index >= 15 is 0 Å². The lowest BCUT2D eigenvalue weighted by molar-refractivity contribution is 0.597. The number of aryl methyl sites for hydroxylation is 2. The fraction of sp³-hybridized carbons (Fsp3) is 0.500. The van der Waals surface area contributed by atoms with E-state index in [4.69, 9.17) is 0 Å². The number of hydrogen-bond donors (Lipinski definition) is 2. The van der Waals surface area contributed by atoms with Crippen LogP contribution in [-0.2, 0) is 10.0 Å². The van der Waals surface area contributed by atoms with Gasteiger partial charge in [0.2, 0.25) is 10.0 Å². The summed E-state index contributed by atoms with van der Waals surface area (Å²) in [6.07, 6.45) is 0.592. The molecular formula is C12H19BrN2O2S. The molecule has 0 saturated heterocycles. The van der Waals surface area contributed by atoms with Crippen molar-refractivity contribution in [2.24, 2.45) is 0 Å². The first-order chi connectivity index (χ1) is 8.35. The molecule has 2 N–H and O–H groups in total. The fourth-order valence-electron chi connectivity index (χ4n) is 1.69. The molecule has 1 aromatic rings. The molecule has 0 aliphatic rings. The van der Waals surface area contributed by atoms with Gasteiger partial charge in [0.15, 0.2) is 0 Å². The minimum absolute atomic E-state index is 0.119. The third-order valence-electron chi connectivity index (χ3n) is 2.53. The number of hydrogen-bond acceptors (Lipinski definition) is 3. The number of halogens is 1. The van der Waals surface area contributed by atoms with Gasteiger partial charge < -0.3 is 5.32 Å². The Kier molecular flexibility index (Phi) is 5.62. The highest BCUT2D eigenvalue weighted by Gasteiger charge is 2.14. The van der Waals surface area contributed by atoms with Gasteiger partial charge in [0.1, 0.15) is 0 Å². The van der Waals surface area contributed by atoms with E-state index in [9.17, 15) is 8.42 Å². The Bertz CT molecular complexity index is 492. The maximum atomic E-state index is 11.9. The summed E-state index contributed by atoms with van der Waals surface area (Å²) >= 11 is 3.39. The molecule has 1 rings (SSSR count). The van der Waals surface area contributed by atoms with Crippen LogP contribution in [0.4, 0.5) is 5.69 Å². The van der Waals surface area contributed by atoms with Gasteiger partial charge in [-0.05, 0) is 67.0 Å². The highest BCUT2D eigenvalue weighted by Crippen LogP contribution is 2.28. The van der Waals surface area contributed by atoms with E-state index in [-0.39, 0.29) is 5.75 Å². The highest BCUT2D eigenvalue weighted by molar-refractivity contribution is 9.10. The molecule has 18 heavy (non-hydrogen) atoms. The maximum Gasteiger partial charge on any atom is 0.232 e. The minimum atomic E-state index is -3.28. The van der Waals surface area contributed by atoms with Crippen LogP contribution in [0.5, 0.6) is 0 Å². The third-order valence-corrected chi connectivity index (χ3v) is 4.50. The SMILES string of the molecule is CNCCCS(=O)(=O)Nc1c(C)cc(C)cc1Br. The zero-order valence-corrected chi connectivity index (χ0v) is 13.3. The Morgan fingerprint density at radius 2 is 1.94 bits per heavy atom. The zero-order chi connectivity index (χ0) is 13.8. The Balaban J connectivity index is 2.84. The molecule has 0 saturated carbocycles. The first kappa shape index (κ1) is 15.5. The van der Waals surface area contributed by atoms with E-state index in [2.05, 4.69) is 26.0 Å². The van der Waals surface area contributed by atoms with E-state index < -0.39 is 10.0 Å². The van der Waals surface area contributed by atoms with Crippen LogP contribution in [0.15, 0.2) is 16.6 Å². The van der Waals surface area contributed by atoms with Crippen molar-refractivity contribution in [1.82, 2.24) is 5.32 Å². The molecule has 102 valence electrons. The van der Waals surface area contributed by atoms with Gasteiger partial charge in [0.25, 0.3) is 0 Å². The van der Waals surface area contributed by atoms with Crippen LogP contribution in [0.2, 0.25) is 0 Å². The standard InChI is InChI=1S/C12H19BrN2O2S/c1-9-7-10(2)12(11(13)8-9)15-18(16,17)6-4-5-14-3/h7-8,14-15H,4-6H2,1-3H3. The van der Waals surface area contributed by atoms with Crippen molar-refractivity contribution in [1.29, 1.82) is 0 Å². The van der Waals surface area contributed by atoms with Crippen LogP contribution in [0.3, 0.4) is 0 Å². The monoisotopic (exact) mass is 334 g/mol. The molecule has 1 aromatic carbocycles. The second-order valence-corrected chi connectivity index (χ2v) is 7.01. The molecule has 0 amide bonds. The van der Waals surface area contributed by atoms with Gasteiger partial charge in [-0.2, -0.15) is 0 Å². The molecule has 0 fully saturated rings. The highest BCUT2D eigenvalue weighted by atomic mass is 79.9. The first-order valence-corrected chi connectivity index (χ1v) is 8.22. The van der Waals surface area contributed by atoms with Crippen molar-refractivity contribution < 1.29 is 8.42 Å². The van der Waals surface area contributed by atoms with Crippen LogP contribution in [0, 0.1) is 13.8 Å². The van der Waals surface area contributed by atoms with Crippen LogP contribution >= 0.6 is 15.9 Å². The molecule has 0 heterocycles. The van der Waals surface area contributed by atoms with Crippen LogP contribution in [0.1, 0.15) is 17.5 Å². The van der Waals surface area contributed by atoms with Crippen molar-refractivity contribution >= 4 is 31.6 Å². The topological polar surface area (TPSA) is 58.2 Å². The molecule has 0 atom stereocenters. The fourth-order valence-corrected chi connectivity index (χ4v) is 3.80. The summed E-state index contributed by atoms with van der Waals surface area (Å²) in [5.41, 5.74) is 2.64. The number of sulfonamides is 1. The molecule has 6 heteroatoms. The zero-order valence-electron chi connectivity index (χ0n) is 10.9. The number of nitrogens with one attached hydrogen (secondary N) is 2. The molecule has 4 nitrogen and oxygen atoms in total. The summed E-state index contributed by atoms with van der Waals surface area (Å²) in [6.45, 7) is 4.56. The average molecular weight is 335 g/mol.